The zero-order valence-corrected chi connectivity index (χ0v) is 10.4. The van der Waals surface area contributed by atoms with Crippen LogP contribution in [0.3, 0.4) is 0 Å². The second-order valence-electron chi connectivity index (χ2n) is 5.39. The van der Waals surface area contributed by atoms with Crippen molar-refractivity contribution >= 4 is 5.97 Å². The molecule has 0 aliphatic heterocycles. The minimum atomic E-state index is -0.257. The lowest BCUT2D eigenvalue weighted by atomic mass is 9.56. The number of hydrogen-bond acceptors (Lipinski definition) is 2. The van der Waals surface area contributed by atoms with Crippen molar-refractivity contribution in [2.45, 2.75) is 46.5 Å². The Morgan fingerprint density at radius 1 is 1.20 bits per heavy atom. The Hall–Kier alpha value is -0.790. The Morgan fingerprint density at radius 2 is 1.73 bits per heavy atom. The van der Waals surface area contributed by atoms with Gasteiger partial charge in [0, 0.05) is 11.0 Å². The number of carbonyl (C=O) groups excluding carboxylic acids is 1. The van der Waals surface area contributed by atoms with Gasteiger partial charge in [-0.1, -0.05) is 40.2 Å². The summed E-state index contributed by atoms with van der Waals surface area (Å²) in [6.07, 6.45) is 4.61. The molecule has 0 saturated heterocycles. The fourth-order valence-electron chi connectivity index (χ4n) is 2.57. The number of ether oxygens (including phenoxy) is 1. The van der Waals surface area contributed by atoms with Crippen LogP contribution in [0.25, 0.3) is 0 Å². The molecule has 0 heterocycles. The second-order valence-corrected chi connectivity index (χ2v) is 5.39. The molecule has 0 spiro atoms. The fourth-order valence-corrected chi connectivity index (χ4v) is 2.57. The molecule has 2 nitrogen and oxygen atoms in total. The molecule has 0 bridgehead atoms. The maximum absolute atomic E-state index is 11.6. The third kappa shape index (κ3) is 1.95. The highest BCUT2D eigenvalue weighted by Crippen LogP contribution is 2.54. The molecular weight excluding hydrogens is 188 g/mol. The number of rotatable bonds is 2. The Kier molecular flexibility index (Phi) is 3.27. The van der Waals surface area contributed by atoms with E-state index in [-0.39, 0.29) is 16.8 Å². The van der Waals surface area contributed by atoms with Crippen LogP contribution in [0, 0.1) is 10.8 Å². The predicted octanol–water partition coefficient (Wildman–Crippen LogP) is 3.32. The Morgan fingerprint density at radius 3 is 2.20 bits per heavy atom. The van der Waals surface area contributed by atoms with Crippen LogP contribution in [-0.4, -0.2) is 13.1 Å². The van der Waals surface area contributed by atoms with Gasteiger partial charge in [0.1, 0.15) is 0 Å². The smallest absolute Gasteiger partial charge is 0.333 e. The van der Waals surface area contributed by atoms with Crippen molar-refractivity contribution in [3.05, 3.63) is 12.2 Å². The second kappa shape index (κ2) is 3.99. The molecule has 0 aromatic heterocycles. The average molecular weight is 210 g/mol. The van der Waals surface area contributed by atoms with Gasteiger partial charge in [0.25, 0.3) is 0 Å². The van der Waals surface area contributed by atoms with E-state index in [0.717, 1.165) is 12.8 Å². The molecule has 0 aromatic rings. The lowest BCUT2D eigenvalue weighted by Crippen LogP contribution is -2.41. The standard InChI is InChI=1S/C13H22O2/c1-10(11(14)15-5)13(4)9-7-6-8-12(13,2)3/h1,6-9H2,2-5H3. The summed E-state index contributed by atoms with van der Waals surface area (Å²) in [5.41, 5.74) is 0.657. The van der Waals surface area contributed by atoms with Gasteiger partial charge < -0.3 is 4.74 Å². The van der Waals surface area contributed by atoms with Crippen LogP contribution in [0.4, 0.5) is 0 Å². The van der Waals surface area contributed by atoms with Gasteiger partial charge >= 0.3 is 5.97 Å². The topological polar surface area (TPSA) is 26.3 Å². The van der Waals surface area contributed by atoms with Gasteiger partial charge in [-0.25, -0.2) is 4.79 Å². The molecule has 1 fully saturated rings. The zero-order valence-electron chi connectivity index (χ0n) is 10.4. The summed E-state index contributed by atoms with van der Waals surface area (Å²) < 4.78 is 4.79. The molecule has 0 amide bonds. The third-order valence-corrected chi connectivity index (χ3v) is 4.32. The molecule has 1 aliphatic rings. The highest BCUT2D eigenvalue weighted by molar-refractivity contribution is 5.89. The molecule has 2 heteroatoms. The Labute approximate surface area is 92.7 Å². The highest BCUT2D eigenvalue weighted by Gasteiger charge is 2.46. The molecule has 1 rings (SSSR count). The summed E-state index contributed by atoms with van der Waals surface area (Å²) in [6.45, 7) is 10.5. The largest absolute Gasteiger partial charge is 0.466 e. The van der Waals surface area contributed by atoms with Crippen molar-refractivity contribution < 1.29 is 9.53 Å². The quantitative estimate of drug-likeness (QED) is 0.516. The summed E-state index contributed by atoms with van der Waals surface area (Å²) in [6, 6.07) is 0. The Balaban J connectivity index is 2.97. The molecule has 1 aliphatic carbocycles. The van der Waals surface area contributed by atoms with E-state index in [1.54, 1.807) is 0 Å². The van der Waals surface area contributed by atoms with E-state index < -0.39 is 0 Å². The van der Waals surface area contributed by atoms with Crippen molar-refractivity contribution in [3.8, 4) is 0 Å². The van der Waals surface area contributed by atoms with Crippen LogP contribution < -0.4 is 0 Å². The first-order valence-electron chi connectivity index (χ1n) is 5.63. The molecule has 1 saturated carbocycles. The lowest BCUT2D eigenvalue weighted by Gasteiger charge is -2.48. The molecule has 0 N–H and O–H groups in total. The summed E-state index contributed by atoms with van der Waals surface area (Å²) in [7, 11) is 1.42. The zero-order chi connectivity index (χ0) is 11.7. The van der Waals surface area contributed by atoms with Crippen molar-refractivity contribution in [2.24, 2.45) is 10.8 Å². The van der Waals surface area contributed by atoms with Gasteiger partial charge in [-0.3, -0.25) is 0 Å². The lowest BCUT2D eigenvalue weighted by molar-refractivity contribution is -0.138. The molecule has 0 aromatic carbocycles. The molecule has 1 unspecified atom stereocenters. The first-order valence-corrected chi connectivity index (χ1v) is 5.63. The van der Waals surface area contributed by atoms with E-state index in [1.807, 2.05) is 0 Å². The molecule has 86 valence electrons. The van der Waals surface area contributed by atoms with Crippen molar-refractivity contribution in [1.29, 1.82) is 0 Å². The van der Waals surface area contributed by atoms with Gasteiger partial charge in [0.2, 0.25) is 0 Å². The van der Waals surface area contributed by atoms with Crippen LogP contribution in [0.5, 0.6) is 0 Å². The SMILES string of the molecule is C=C(C(=O)OC)C1(C)CCCCC1(C)C. The van der Waals surface area contributed by atoms with Crippen molar-refractivity contribution in [3.63, 3.8) is 0 Å². The van der Waals surface area contributed by atoms with Gasteiger partial charge in [0.05, 0.1) is 7.11 Å². The van der Waals surface area contributed by atoms with E-state index in [9.17, 15) is 4.79 Å². The predicted molar refractivity (Wildman–Crippen MR) is 61.5 cm³/mol. The normalized spacial score (nSPS) is 29.6. The summed E-state index contributed by atoms with van der Waals surface area (Å²) in [5.74, 6) is -0.257. The van der Waals surface area contributed by atoms with Crippen LogP contribution >= 0.6 is 0 Å². The van der Waals surface area contributed by atoms with Gasteiger partial charge in [-0.05, 0) is 18.3 Å². The Bertz CT molecular complexity index is 278. The molecule has 15 heavy (non-hydrogen) atoms. The molecule has 1 atom stereocenters. The van der Waals surface area contributed by atoms with E-state index in [2.05, 4.69) is 27.4 Å². The first kappa shape index (κ1) is 12.3. The van der Waals surface area contributed by atoms with Crippen LogP contribution in [0.1, 0.15) is 46.5 Å². The minimum Gasteiger partial charge on any atom is -0.466 e. The third-order valence-electron chi connectivity index (χ3n) is 4.32. The summed E-state index contributed by atoms with van der Waals surface area (Å²) in [4.78, 5) is 11.6. The number of carbonyl (C=O) groups is 1. The number of methoxy groups -OCH3 is 1. The van der Waals surface area contributed by atoms with Crippen LogP contribution in [0.2, 0.25) is 0 Å². The first-order chi connectivity index (χ1) is 6.85. The van der Waals surface area contributed by atoms with Gasteiger partial charge in [-0.2, -0.15) is 0 Å². The monoisotopic (exact) mass is 210 g/mol. The number of hydrogen-bond donors (Lipinski definition) is 0. The van der Waals surface area contributed by atoms with E-state index in [0.29, 0.717) is 5.57 Å². The van der Waals surface area contributed by atoms with Gasteiger partial charge in [-0.15, -0.1) is 0 Å². The maximum Gasteiger partial charge on any atom is 0.333 e. The highest BCUT2D eigenvalue weighted by atomic mass is 16.5. The van der Waals surface area contributed by atoms with Crippen LogP contribution in [0.15, 0.2) is 12.2 Å². The van der Waals surface area contributed by atoms with Crippen LogP contribution in [-0.2, 0) is 9.53 Å². The van der Waals surface area contributed by atoms with Crippen molar-refractivity contribution in [2.75, 3.05) is 7.11 Å². The van der Waals surface area contributed by atoms with E-state index in [1.165, 1.54) is 20.0 Å². The van der Waals surface area contributed by atoms with Crippen molar-refractivity contribution in [1.82, 2.24) is 0 Å². The van der Waals surface area contributed by atoms with E-state index in [4.69, 9.17) is 4.74 Å². The average Bonchev–Trinajstić information content (AvgIpc) is 2.20. The fraction of sp³-hybridized carbons (Fsp3) is 0.769. The molecule has 0 radical (unpaired) electrons. The van der Waals surface area contributed by atoms with E-state index >= 15 is 0 Å². The summed E-state index contributed by atoms with van der Waals surface area (Å²) >= 11 is 0. The maximum atomic E-state index is 11.6. The molecular formula is C13H22O2. The number of esters is 1. The summed E-state index contributed by atoms with van der Waals surface area (Å²) in [5, 5.41) is 0. The minimum absolute atomic E-state index is 0.113. The van der Waals surface area contributed by atoms with Gasteiger partial charge in [0.15, 0.2) is 0 Å².